The summed E-state index contributed by atoms with van der Waals surface area (Å²) < 4.78 is 0. The molecule has 1 atom stereocenters. The zero-order valence-electron chi connectivity index (χ0n) is 14.0. The van der Waals surface area contributed by atoms with E-state index in [2.05, 4.69) is 63.9 Å². The van der Waals surface area contributed by atoms with Gasteiger partial charge >= 0.3 is 0 Å². The fourth-order valence-electron chi connectivity index (χ4n) is 3.32. The molecule has 2 rings (SSSR count). The minimum Gasteiger partial charge on any atom is -0.314 e. The number of aryl methyl sites for hydroxylation is 2. The molecule has 0 radical (unpaired) electrons. The summed E-state index contributed by atoms with van der Waals surface area (Å²) in [7, 11) is 0. The van der Waals surface area contributed by atoms with Crippen LogP contribution in [0.1, 0.15) is 56.0 Å². The van der Waals surface area contributed by atoms with Crippen LogP contribution in [0.2, 0.25) is 0 Å². The molecule has 1 fully saturated rings. The molecule has 0 spiro atoms. The number of nitrogens with zero attached hydrogens (tertiary/aromatic N) is 1. The highest BCUT2D eigenvalue weighted by Gasteiger charge is 2.23. The van der Waals surface area contributed by atoms with Crippen LogP contribution in [0.15, 0.2) is 12.1 Å². The first kappa shape index (κ1) is 15.5. The molecule has 0 aliphatic carbocycles. The third kappa shape index (κ3) is 3.24. The number of hydrogen-bond donors (Lipinski definition) is 1. The van der Waals surface area contributed by atoms with Gasteiger partial charge in [-0.05, 0) is 48.4 Å². The van der Waals surface area contributed by atoms with E-state index in [1.807, 2.05) is 0 Å². The molecule has 1 heterocycles. The summed E-state index contributed by atoms with van der Waals surface area (Å²) >= 11 is 0. The van der Waals surface area contributed by atoms with Gasteiger partial charge in [-0.3, -0.25) is 4.90 Å². The molecule has 1 aliphatic heterocycles. The molecule has 2 nitrogen and oxygen atoms in total. The average molecular weight is 274 g/mol. The van der Waals surface area contributed by atoms with Crippen molar-refractivity contribution >= 4 is 0 Å². The molecule has 20 heavy (non-hydrogen) atoms. The fourth-order valence-corrected chi connectivity index (χ4v) is 3.32. The molecule has 1 unspecified atom stereocenters. The van der Waals surface area contributed by atoms with E-state index in [1.165, 1.54) is 22.3 Å². The first-order valence-electron chi connectivity index (χ1n) is 7.87. The summed E-state index contributed by atoms with van der Waals surface area (Å²) in [4.78, 5) is 2.60. The highest BCUT2D eigenvalue weighted by molar-refractivity contribution is 5.42. The van der Waals surface area contributed by atoms with Gasteiger partial charge in [-0.25, -0.2) is 0 Å². The van der Waals surface area contributed by atoms with Crippen LogP contribution in [-0.2, 0) is 5.41 Å². The molecular formula is C18H30N2. The van der Waals surface area contributed by atoms with Crippen LogP contribution < -0.4 is 5.32 Å². The molecule has 0 aromatic heterocycles. The molecule has 2 heteroatoms. The van der Waals surface area contributed by atoms with Crippen molar-refractivity contribution in [3.8, 4) is 0 Å². The predicted octanol–water partition coefficient (Wildman–Crippen LogP) is 3.57. The number of rotatable bonds is 2. The van der Waals surface area contributed by atoms with Crippen LogP contribution in [0.4, 0.5) is 0 Å². The normalized spacial score (nSPS) is 19.1. The molecule has 1 aromatic rings. The van der Waals surface area contributed by atoms with Crippen molar-refractivity contribution in [3.63, 3.8) is 0 Å². The molecular weight excluding hydrogens is 244 g/mol. The Morgan fingerprint density at radius 2 is 1.55 bits per heavy atom. The third-order valence-electron chi connectivity index (χ3n) is 4.58. The van der Waals surface area contributed by atoms with Gasteiger partial charge < -0.3 is 5.32 Å². The lowest BCUT2D eigenvalue weighted by molar-refractivity contribution is 0.184. The second-order valence-electron chi connectivity index (χ2n) is 7.24. The second kappa shape index (κ2) is 5.87. The number of piperazine rings is 1. The summed E-state index contributed by atoms with van der Waals surface area (Å²) in [6, 6.07) is 5.30. The number of benzene rings is 1. The second-order valence-corrected chi connectivity index (χ2v) is 7.24. The Kier molecular flexibility index (Phi) is 4.55. The van der Waals surface area contributed by atoms with Crippen LogP contribution in [-0.4, -0.2) is 31.1 Å². The van der Waals surface area contributed by atoms with Crippen LogP contribution >= 0.6 is 0 Å². The molecule has 112 valence electrons. The Morgan fingerprint density at radius 1 is 1.05 bits per heavy atom. The lowest BCUT2D eigenvalue weighted by Crippen LogP contribution is -2.44. The summed E-state index contributed by atoms with van der Waals surface area (Å²) in [6.07, 6.45) is 0. The minimum absolute atomic E-state index is 0.229. The minimum atomic E-state index is 0.229. The van der Waals surface area contributed by atoms with E-state index in [0.29, 0.717) is 6.04 Å². The van der Waals surface area contributed by atoms with Gasteiger partial charge in [-0.15, -0.1) is 0 Å². The van der Waals surface area contributed by atoms with Crippen molar-refractivity contribution in [1.29, 1.82) is 0 Å². The van der Waals surface area contributed by atoms with E-state index >= 15 is 0 Å². The first-order chi connectivity index (χ1) is 9.30. The molecule has 0 amide bonds. The molecule has 1 saturated heterocycles. The maximum Gasteiger partial charge on any atom is 0.0326 e. The summed E-state index contributed by atoms with van der Waals surface area (Å²) in [5.74, 6) is 0. The van der Waals surface area contributed by atoms with Crippen molar-refractivity contribution in [2.45, 2.75) is 53.0 Å². The maximum atomic E-state index is 3.44. The Balaban J connectivity index is 2.32. The SMILES string of the molecule is Cc1cc(C(C)(C)C)cc(C)c1C(C)N1CCNCC1. The van der Waals surface area contributed by atoms with Gasteiger partial charge in [0.1, 0.15) is 0 Å². The lowest BCUT2D eigenvalue weighted by atomic mass is 9.82. The zero-order valence-corrected chi connectivity index (χ0v) is 14.0. The lowest BCUT2D eigenvalue weighted by Gasteiger charge is -2.35. The van der Waals surface area contributed by atoms with Crippen molar-refractivity contribution in [3.05, 3.63) is 34.4 Å². The van der Waals surface area contributed by atoms with Gasteiger partial charge in [0.15, 0.2) is 0 Å². The van der Waals surface area contributed by atoms with E-state index in [1.54, 1.807) is 0 Å². The highest BCUT2D eigenvalue weighted by atomic mass is 15.2. The van der Waals surface area contributed by atoms with Crippen molar-refractivity contribution in [2.75, 3.05) is 26.2 Å². The van der Waals surface area contributed by atoms with Crippen LogP contribution in [0, 0.1) is 13.8 Å². The molecule has 1 N–H and O–H groups in total. The standard InChI is InChI=1S/C18H30N2/c1-13-11-16(18(4,5)6)12-14(2)17(13)15(3)20-9-7-19-8-10-20/h11-12,15,19H,7-10H2,1-6H3. The topological polar surface area (TPSA) is 15.3 Å². The van der Waals surface area contributed by atoms with E-state index in [9.17, 15) is 0 Å². The van der Waals surface area contributed by atoms with E-state index in [4.69, 9.17) is 0 Å². The summed E-state index contributed by atoms with van der Waals surface area (Å²) in [6.45, 7) is 18.3. The fraction of sp³-hybridized carbons (Fsp3) is 0.667. The van der Waals surface area contributed by atoms with E-state index in [-0.39, 0.29) is 5.41 Å². The summed E-state index contributed by atoms with van der Waals surface area (Å²) in [5, 5.41) is 3.44. The Morgan fingerprint density at radius 3 is 2.00 bits per heavy atom. The van der Waals surface area contributed by atoms with Gasteiger partial charge in [-0.1, -0.05) is 32.9 Å². The van der Waals surface area contributed by atoms with Crippen LogP contribution in [0.5, 0.6) is 0 Å². The molecule has 1 aliphatic rings. The molecule has 0 bridgehead atoms. The van der Waals surface area contributed by atoms with Gasteiger partial charge in [0.2, 0.25) is 0 Å². The predicted molar refractivity (Wildman–Crippen MR) is 87.5 cm³/mol. The first-order valence-corrected chi connectivity index (χ1v) is 7.87. The Hall–Kier alpha value is -0.860. The quantitative estimate of drug-likeness (QED) is 0.887. The largest absolute Gasteiger partial charge is 0.314 e. The van der Waals surface area contributed by atoms with Crippen molar-refractivity contribution in [2.24, 2.45) is 0 Å². The molecule has 0 saturated carbocycles. The third-order valence-corrected chi connectivity index (χ3v) is 4.58. The summed E-state index contributed by atoms with van der Waals surface area (Å²) in [5.41, 5.74) is 6.09. The Bertz CT molecular complexity index is 442. The number of nitrogens with one attached hydrogen (secondary N) is 1. The number of hydrogen-bond acceptors (Lipinski definition) is 2. The van der Waals surface area contributed by atoms with Crippen molar-refractivity contribution in [1.82, 2.24) is 10.2 Å². The monoisotopic (exact) mass is 274 g/mol. The maximum absolute atomic E-state index is 3.44. The van der Waals surface area contributed by atoms with Crippen LogP contribution in [0.3, 0.4) is 0 Å². The zero-order chi connectivity index (χ0) is 14.9. The van der Waals surface area contributed by atoms with Gasteiger partial charge in [-0.2, -0.15) is 0 Å². The van der Waals surface area contributed by atoms with Crippen LogP contribution in [0.25, 0.3) is 0 Å². The van der Waals surface area contributed by atoms with Gasteiger partial charge in [0, 0.05) is 32.2 Å². The van der Waals surface area contributed by atoms with Crippen molar-refractivity contribution < 1.29 is 0 Å². The molecule has 1 aromatic carbocycles. The van der Waals surface area contributed by atoms with E-state index in [0.717, 1.165) is 26.2 Å². The van der Waals surface area contributed by atoms with Gasteiger partial charge in [0.05, 0.1) is 0 Å². The smallest absolute Gasteiger partial charge is 0.0326 e. The highest BCUT2D eigenvalue weighted by Crippen LogP contribution is 2.32. The van der Waals surface area contributed by atoms with Gasteiger partial charge in [0.25, 0.3) is 0 Å². The average Bonchev–Trinajstić information content (AvgIpc) is 2.37. The Labute approximate surface area is 124 Å². The van der Waals surface area contributed by atoms with E-state index < -0.39 is 0 Å².